The van der Waals surface area contributed by atoms with E-state index >= 15 is 0 Å². The van der Waals surface area contributed by atoms with Gasteiger partial charge in [-0.3, -0.25) is 0 Å². The number of nitrogens with zero attached hydrogens (tertiary/aromatic N) is 4. The van der Waals surface area contributed by atoms with Crippen LogP contribution in [0.5, 0.6) is 0 Å². The molecular weight excluding hydrogens is 1290 g/mol. The molecule has 13 rings (SSSR count). The van der Waals surface area contributed by atoms with Gasteiger partial charge >= 0.3 is 0 Å². The third kappa shape index (κ3) is 15.1. The van der Waals surface area contributed by atoms with Gasteiger partial charge in [0.1, 0.15) is 0 Å². The van der Waals surface area contributed by atoms with Crippen LogP contribution in [-0.2, 0) is 48.7 Å². The van der Waals surface area contributed by atoms with Crippen LogP contribution in [0.1, 0.15) is 237 Å². The molecule has 11 aromatic carbocycles. The Morgan fingerprint density at radius 2 is 0.533 bits per heavy atom. The minimum atomic E-state index is -0.213. The second-order valence-electron chi connectivity index (χ2n) is 40.3. The molecule has 11 aromatic rings. The summed E-state index contributed by atoms with van der Waals surface area (Å²) in [5.41, 5.74) is 32.8. The molecule has 2 aliphatic rings. The number of benzene rings is 11. The highest BCUT2D eigenvalue weighted by atomic mass is 15.2. The van der Waals surface area contributed by atoms with Gasteiger partial charge in [-0.2, -0.15) is 0 Å². The highest BCUT2D eigenvalue weighted by Gasteiger charge is 2.46. The van der Waals surface area contributed by atoms with Gasteiger partial charge in [0.15, 0.2) is 0 Å². The molecular formula is C102H119BN4. The van der Waals surface area contributed by atoms with E-state index in [1.165, 1.54) is 94.5 Å². The Hall–Kier alpha value is -9.32. The second kappa shape index (κ2) is 26.8. The molecule has 0 saturated heterocycles. The first-order valence-corrected chi connectivity index (χ1v) is 39.3. The molecule has 4 nitrogen and oxygen atoms in total. The molecule has 0 radical (unpaired) electrons. The molecule has 5 heteroatoms. The minimum absolute atomic E-state index is 0.0209. The van der Waals surface area contributed by atoms with Crippen molar-refractivity contribution in [2.24, 2.45) is 0 Å². The highest BCUT2D eigenvalue weighted by Crippen LogP contribution is 2.53. The number of hydrogen-bond acceptors (Lipinski definition) is 4. The lowest BCUT2D eigenvalue weighted by Gasteiger charge is -2.46. The Morgan fingerprint density at radius 3 is 0.879 bits per heavy atom. The zero-order chi connectivity index (χ0) is 77.4. The molecule has 2 heterocycles. The van der Waals surface area contributed by atoms with Crippen LogP contribution in [-0.4, -0.2) is 6.71 Å². The highest BCUT2D eigenvalue weighted by molar-refractivity contribution is 7.00. The van der Waals surface area contributed by atoms with E-state index < -0.39 is 0 Å². The van der Waals surface area contributed by atoms with Gasteiger partial charge in [-0.05, 0) is 241 Å². The zero-order valence-corrected chi connectivity index (χ0v) is 69.8. The SMILES string of the molecule is CC(C)(C)c1ccc(-c2cc3c4c(c2)N(c2cc(C(C)(C)C)cc(C(C)(C)C)c2)c2cc(N(c5ccc(C(C)(C)C)cc5)c5ccc(C(C)(C)C)cc5-c5ccccc5)ccc2B4c2ccc(N(c4ccc(C(C)(C)C)cc4)c4ccc(C(C)(C)C)cc4)cc2N3c2cc(C(C)(C)C)cc(C(C)(C)C)c2)cc1. The summed E-state index contributed by atoms with van der Waals surface area (Å²) in [7, 11) is 0. The molecule has 0 aliphatic carbocycles. The van der Waals surface area contributed by atoms with Gasteiger partial charge in [0.2, 0.25) is 0 Å². The minimum Gasteiger partial charge on any atom is -0.311 e. The van der Waals surface area contributed by atoms with Crippen molar-refractivity contribution in [2.45, 2.75) is 236 Å². The van der Waals surface area contributed by atoms with Gasteiger partial charge in [0.25, 0.3) is 6.71 Å². The first-order chi connectivity index (χ1) is 49.7. The maximum atomic E-state index is 2.70. The first-order valence-electron chi connectivity index (χ1n) is 39.3. The topological polar surface area (TPSA) is 13.0 Å². The van der Waals surface area contributed by atoms with Crippen LogP contribution in [0.25, 0.3) is 22.3 Å². The van der Waals surface area contributed by atoms with Crippen LogP contribution in [0.4, 0.5) is 68.2 Å². The lowest BCUT2D eigenvalue weighted by atomic mass is 9.33. The van der Waals surface area contributed by atoms with Crippen LogP contribution < -0.4 is 36.0 Å². The quantitative estimate of drug-likeness (QED) is 0.127. The summed E-state index contributed by atoms with van der Waals surface area (Å²) >= 11 is 0. The summed E-state index contributed by atoms with van der Waals surface area (Å²) < 4.78 is 0. The molecule has 0 N–H and O–H groups in total. The Morgan fingerprint density at radius 1 is 0.224 bits per heavy atom. The molecule has 2 aliphatic heterocycles. The van der Waals surface area contributed by atoms with Gasteiger partial charge in [-0.1, -0.05) is 308 Å². The average molecular weight is 1410 g/mol. The Labute approximate surface area is 645 Å². The molecule has 0 amide bonds. The van der Waals surface area contributed by atoms with Gasteiger partial charge in [-0.25, -0.2) is 0 Å². The number of anilines is 12. The van der Waals surface area contributed by atoms with Gasteiger partial charge in [-0.15, -0.1) is 0 Å². The predicted octanol–water partition coefficient (Wildman–Crippen LogP) is 27.7. The van der Waals surface area contributed by atoms with Crippen LogP contribution >= 0.6 is 0 Å². The van der Waals surface area contributed by atoms with Crippen molar-refractivity contribution < 1.29 is 0 Å². The first kappa shape index (κ1) is 75.9. The van der Waals surface area contributed by atoms with E-state index in [1.54, 1.807) is 0 Å². The van der Waals surface area contributed by atoms with Crippen molar-refractivity contribution in [3.8, 4) is 22.3 Å². The van der Waals surface area contributed by atoms with Crippen molar-refractivity contribution >= 4 is 91.3 Å². The summed E-state index contributed by atoms with van der Waals surface area (Å²) in [5.74, 6) is 0. The van der Waals surface area contributed by atoms with Crippen molar-refractivity contribution in [1.29, 1.82) is 0 Å². The molecule has 0 saturated carbocycles. The number of rotatable bonds is 10. The van der Waals surface area contributed by atoms with E-state index in [0.29, 0.717) is 0 Å². The Balaban J connectivity index is 1.20. The molecule has 0 bridgehead atoms. The lowest BCUT2D eigenvalue weighted by molar-refractivity contribution is 0.568. The second-order valence-corrected chi connectivity index (χ2v) is 40.3. The normalized spacial score (nSPS) is 13.7. The van der Waals surface area contributed by atoms with Crippen molar-refractivity contribution in [3.05, 3.63) is 281 Å². The van der Waals surface area contributed by atoms with Crippen LogP contribution in [0.15, 0.2) is 231 Å². The van der Waals surface area contributed by atoms with E-state index in [2.05, 4.69) is 437 Å². The summed E-state index contributed by atoms with van der Waals surface area (Å²) in [6.07, 6.45) is 0. The molecule has 0 spiro atoms. The number of hydrogen-bond donors (Lipinski definition) is 0. The zero-order valence-electron chi connectivity index (χ0n) is 69.8. The molecule has 0 atom stereocenters. The summed E-state index contributed by atoms with van der Waals surface area (Å²) in [5, 5.41) is 0. The number of fused-ring (bicyclic) bond motifs is 4. The fraction of sp³-hybridized carbons (Fsp3) is 0.353. The summed E-state index contributed by atoms with van der Waals surface area (Å²) in [6, 6.07) is 91.0. The molecule has 0 fully saturated rings. The van der Waals surface area contributed by atoms with Crippen LogP contribution in [0.3, 0.4) is 0 Å². The molecule has 0 aromatic heterocycles. The van der Waals surface area contributed by atoms with Crippen molar-refractivity contribution in [3.63, 3.8) is 0 Å². The third-order valence-electron chi connectivity index (χ3n) is 22.6. The third-order valence-corrected chi connectivity index (χ3v) is 22.6. The van der Waals surface area contributed by atoms with E-state index in [4.69, 9.17) is 0 Å². The maximum Gasteiger partial charge on any atom is 0.252 e. The fourth-order valence-corrected chi connectivity index (χ4v) is 15.6. The summed E-state index contributed by atoms with van der Waals surface area (Å²) in [4.78, 5) is 10.4. The van der Waals surface area contributed by atoms with E-state index in [-0.39, 0.29) is 55.4 Å². The lowest BCUT2D eigenvalue weighted by Crippen LogP contribution is -2.61. The fourth-order valence-electron chi connectivity index (χ4n) is 15.6. The molecule has 0 unspecified atom stereocenters. The predicted molar refractivity (Wildman–Crippen MR) is 469 cm³/mol. The molecule has 550 valence electrons. The standard InChI is InChI=1S/C102H119BN4/c1-94(2,3)69-35-33-66(34-36-69)68-55-91-93-92(56-68)107(84-61-76(101(22,23)24)58-77(62-84)102(25,26)27)90-65-82(105(80-48-41-72(42-49-80)97(10,11)12)88-54-43-73(98(13,14)15)63-85(88)67-31-29-28-30-32-67)51-53-87(90)103(93)86-52-50-81(64-89(86)106(91)83-59-74(99(16,17)18)57-75(60-83)100(19,20)21)104(78-44-37-70(38-45-78)95(4,5)6)79-46-39-71(40-47-79)96(7,8)9/h28-65H,1-27H3. The monoisotopic (exact) mass is 1410 g/mol. The van der Waals surface area contributed by atoms with Crippen molar-refractivity contribution in [2.75, 3.05) is 19.6 Å². The largest absolute Gasteiger partial charge is 0.311 e. The van der Waals surface area contributed by atoms with Crippen LogP contribution in [0.2, 0.25) is 0 Å². The Bertz CT molecular complexity index is 5000. The van der Waals surface area contributed by atoms with Gasteiger partial charge in [0.05, 0.1) is 5.69 Å². The van der Waals surface area contributed by atoms with Gasteiger partial charge in [0, 0.05) is 68.1 Å². The average Bonchev–Trinajstić information content (AvgIpc) is 0.691. The Kier molecular flexibility index (Phi) is 19.0. The van der Waals surface area contributed by atoms with E-state index in [9.17, 15) is 0 Å². The maximum absolute atomic E-state index is 2.70. The van der Waals surface area contributed by atoms with Crippen LogP contribution in [0, 0.1) is 0 Å². The molecule has 107 heavy (non-hydrogen) atoms. The van der Waals surface area contributed by atoms with Gasteiger partial charge < -0.3 is 19.6 Å². The smallest absolute Gasteiger partial charge is 0.252 e. The summed E-state index contributed by atoms with van der Waals surface area (Å²) in [6.45, 7) is 63.0. The van der Waals surface area contributed by atoms with Crippen molar-refractivity contribution in [1.82, 2.24) is 0 Å². The van der Waals surface area contributed by atoms with E-state index in [0.717, 1.165) is 62.4 Å². The van der Waals surface area contributed by atoms with E-state index in [1.807, 2.05) is 0 Å².